The fraction of sp³-hybridized carbons (Fsp3) is 0.0909. The van der Waals surface area contributed by atoms with E-state index in [1.807, 2.05) is 12.3 Å². The van der Waals surface area contributed by atoms with E-state index in [2.05, 4.69) is 15.5 Å². The maximum absolute atomic E-state index is 9.46. The summed E-state index contributed by atoms with van der Waals surface area (Å²) >= 11 is 13.1. The Bertz CT molecular complexity index is 598. The second-order valence-corrected chi connectivity index (χ2v) is 5.16. The third-order valence-electron chi connectivity index (χ3n) is 2.05. The van der Waals surface area contributed by atoms with Gasteiger partial charge in [0, 0.05) is 10.9 Å². The molecular weight excluding hydrogens is 293 g/mol. The largest absolute Gasteiger partial charge is 0.506 e. The summed E-state index contributed by atoms with van der Waals surface area (Å²) in [6.07, 6.45) is 1.50. The van der Waals surface area contributed by atoms with E-state index in [1.54, 1.807) is 0 Å². The van der Waals surface area contributed by atoms with Gasteiger partial charge in [-0.2, -0.15) is 5.10 Å². The van der Waals surface area contributed by atoms with Crippen LogP contribution in [-0.2, 0) is 0 Å². The quantitative estimate of drug-likeness (QED) is 0.667. The van der Waals surface area contributed by atoms with Gasteiger partial charge in [-0.15, -0.1) is 11.3 Å². The van der Waals surface area contributed by atoms with Crippen LogP contribution in [0.5, 0.6) is 5.75 Å². The van der Waals surface area contributed by atoms with Crippen LogP contribution in [-0.4, -0.2) is 16.3 Å². The zero-order chi connectivity index (χ0) is 13.1. The third kappa shape index (κ3) is 3.13. The molecule has 7 heteroatoms. The molecule has 0 saturated carbocycles. The van der Waals surface area contributed by atoms with Crippen LogP contribution in [0.3, 0.4) is 0 Å². The maximum Gasteiger partial charge on any atom is 0.203 e. The van der Waals surface area contributed by atoms with Crippen molar-refractivity contribution in [2.24, 2.45) is 5.10 Å². The first-order chi connectivity index (χ1) is 8.56. The minimum absolute atomic E-state index is 0.0346. The standard InChI is InChI=1S/C11H9Cl2N3OS/c1-6-5-18-11(15-6)16-14-4-7-2-10(17)9(13)3-8(7)12/h2-5,17H,1H3,(H,15,16). The van der Waals surface area contributed by atoms with E-state index in [-0.39, 0.29) is 10.8 Å². The molecule has 0 radical (unpaired) electrons. The molecule has 0 fully saturated rings. The summed E-state index contributed by atoms with van der Waals surface area (Å²) in [6.45, 7) is 1.90. The molecule has 0 saturated heterocycles. The van der Waals surface area contributed by atoms with Gasteiger partial charge in [0.05, 0.1) is 22.0 Å². The Balaban J connectivity index is 2.11. The SMILES string of the molecule is Cc1csc(NN=Cc2cc(O)c(Cl)cc2Cl)n1. The van der Waals surface area contributed by atoms with E-state index in [0.717, 1.165) is 5.69 Å². The van der Waals surface area contributed by atoms with Crippen molar-refractivity contribution in [3.63, 3.8) is 0 Å². The molecule has 0 unspecified atom stereocenters. The van der Waals surface area contributed by atoms with Crippen molar-refractivity contribution in [3.05, 3.63) is 38.8 Å². The van der Waals surface area contributed by atoms with Crippen LogP contribution >= 0.6 is 34.5 Å². The number of hydrazone groups is 1. The minimum Gasteiger partial charge on any atom is -0.506 e. The molecule has 1 aromatic heterocycles. The number of phenols is 1. The number of aromatic hydroxyl groups is 1. The van der Waals surface area contributed by atoms with Gasteiger partial charge in [-0.1, -0.05) is 23.2 Å². The van der Waals surface area contributed by atoms with Gasteiger partial charge < -0.3 is 5.11 Å². The second-order valence-electron chi connectivity index (χ2n) is 3.49. The second kappa shape index (κ2) is 5.56. The summed E-state index contributed by atoms with van der Waals surface area (Å²) in [7, 11) is 0. The number of nitrogens with zero attached hydrogens (tertiary/aromatic N) is 2. The molecule has 0 aliphatic heterocycles. The number of phenolic OH excluding ortho intramolecular Hbond substituents is 1. The van der Waals surface area contributed by atoms with Gasteiger partial charge in [0.1, 0.15) is 5.75 Å². The lowest BCUT2D eigenvalue weighted by atomic mass is 10.2. The molecule has 2 aromatic rings. The maximum atomic E-state index is 9.46. The zero-order valence-electron chi connectivity index (χ0n) is 9.32. The average molecular weight is 302 g/mol. The summed E-state index contributed by atoms with van der Waals surface area (Å²) < 4.78 is 0. The number of halogens is 2. The Labute approximate surface area is 118 Å². The Morgan fingerprint density at radius 3 is 2.83 bits per heavy atom. The number of aryl methyl sites for hydroxylation is 1. The Kier molecular flexibility index (Phi) is 4.06. The van der Waals surface area contributed by atoms with Gasteiger partial charge in [0.2, 0.25) is 5.13 Å². The van der Waals surface area contributed by atoms with E-state index in [4.69, 9.17) is 23.2 Å². The predicted molar refractivity (Wildman–Crippen MR) is 76.2 cm³/mol. The number of nitrogens with one attached hydrogen (secondary N) is 1. The number of anilines is 1. The number of hydrogen-bond acceptors (Lipinski definition) is 5. The van der Waals surface area contributed by atoms with Crippen molar-refractivity contribution in [3.8, 4) is 5.75 Å². The van der Waals surface area contributed by atoms with Crippen molar-refractivity contribution in [1.29, 1.82) is 0 Å². The van der Waals surface area contributed by atoms with Gasteiger partial charge in [-0.3, -0.25) is 5.43 Å². The Morgan fingerprint density at radius 1 is 1.39 bits per heavy atom. The van der Waals surface area contributed by atoms with E-state index < -0.39 is 0 Å². The van der Waals surface area contributed by atoms with Crippen LogP contribution in [0.25, 0.3) is 0 Å². The molecule has 94 valence electrons. The van der Waals surface area contributed by atoms with Crippen LogP contribution in [0.4, 0.5) is 5.13 Å². The summed E-state index contributed by atoms with van der Waals surface area (Å²) in [6, 6.07) is 2.91. The smallest absolute Gasteiger partial charge is 0.203 e. The molecule has 1 heterocycles. The van der Waals surface area contributed by atoms with Crippen molar-refractivity contribution >= 4 is 45.9 Å². The zero-order valence-corrected chi connectivity index (χ0v) is 11.6. The highest BCUT2D eigenvalue weighted by Crippen LogP contribution is 2.29. The van der Waals surface area contributed by atoms with Crippen LogP contribution < -0.4 is 5.43 Å². The number of benzene rings is 1. The lowest BCUT2D eigenvalue weighted by Crippen LogP contribution is -1.91. The van der Waals surface area contributed by atoms with E-state index in [0.29, 0.717) is 15.7 Å². The normalized spacial score (nSPS) is 11.1. The van der Waals surface area contributed by atoms with Crippen molar-refractivity contribution < 1.29 is 5.11 Å². The van der Waals surface area contributed by atoms with Crippen LogP contribution in [0, 0.1) is 6.92 Å². The highest BCUT2D eigenvalue weighted by atomic mass is 35.5. The van der Waals surface area contributed by atoms with Gasteiger partial charge in [-0.05, 0) is 19.1 Å². The number of hydrogen-bond donors (Lipinski definition) is 2. The molecule has 0 amide bonds. The molecule has 4 nitrogen and oxygen atoms in total. The monoisotopic (exact) mass is 301 g/mol. The molecule has 2 N–H and O–H groups in total. The molecule has 0 bridgehead atoms. The molecule has 1 aromatic carbocycles. The van der Waals surface area contributed by atoms with Crippen LogP contribution in [0.15, 0.2) is 22.6 Å². The molecule has 0 spiro atoms. The third-order valence-corrected chi connectivity index (χ3v) is 3.54. The number of thiazole rings is 1. The number of aromatic nitrogens is 1. The predicted octanol–water partition coefficient (Wildman–Crippen LogP) is 3.91. The van der Waals surface area contributed by atoms with E-state index >= 15 is 0 Å². The van der Waals surface area contributed by atoms with Gasteiger partial charge >= 0.3 is 0 Å². The van der Waals surface area contributed by atoms with Crippen molar-refractivity contribution in [2.75, 3.05) is 5.43 Å². The molecule has 0 atom stereocenters. The summed E-state index contributed by atoms with van der Waals surface area (Å²) in [4.78, 5) is 4.19. The average Bonchev–Trinajstić information content (AvgIpc) is 2.71. The lowest BCUT2D eigenvalue weighted by Gasteiger charge is -2.01. The fourth-order valence-corrected chi connectivity index (χ4v) is 2.28. The summed E-state index contributed by atoms with van der Waals surface area (Å²) in [5.41, 5.74) is 4.28. The minimum atomic E-state index is -0.0346. The molecular formula is C11H9Cl2N3OS. The van der Waals surface area contributed by atoms with Gasteiger partial charge in [-0.25, -0.2) is 4.98 Å². The topological polar surface area (TPSA) is 57.5 Å². The summed E-state index contributed by atoms with van der Waals surface area (Å²) in [5, 5.41) is 16.7. The van der Waals surface area contributed by atoms with E-state index in [9.17, 15) is 5.11 Å². The van der Waals surface area contributed by atoms with Crippen molar-refractivity contribution in [2.45, 2.75) is 6.92 Å². The van der Waals surface area contributed by atoms with Crippen LogP contribution in [0.2, 0.25) is 10.0 Å². The van der Waals surface area contributed by atoms with Crippen molar-refractivity contribution in [1.82, 2.24) is 4.98 Å². The van der Waals surface area contributed by atoms with E-state index in [1.165, 1.54) is 29.7 Å². The highest BCUT2D eigenvalue weighted by molar-refractivity contribution is 7.13. The summed E-state index contributed by atoms with van der Waals surface area (Å²) in [5.74, 6) is -0.0346. The first kappa shape index (κ1) is 13.1. The lowest BCUT2D eigenvalue weighted by molar-refractivity contribution is 0.475. The molecule has 0 aliphatic rings. The first-order valence-electron chi connectivity index (χ1n) is 4.95. The van der Waals surface area contributed by atoms with Gasteiger partial charge in [0.25, 0.3) is 0 Å². The fourth-order valence-electron chi connectivity index (χ4n) is 1.22. The molecule has 0 aliphatic carbocycles. The highest BCUT2D eigenvalue weighted by Gasteiger charge is 2.04. The molecule has 18 heavy (non-hydrogen) atoms. The molecule has 2 rings (SSSR count). The van der Waals surface area contributed by atoms with Gasteiger partial charge in [0.15, 0.2) is 0 Å². The Morgan fingerprint density at radius 2 is 2.17 bits per heavy atom. The first-order valence-corrected chi connectivity index (χ1v) is 6.59. The number of rotatable bonds is 3. The Hall–Kier alpha value is -1.30. The van der Waals surface area contributed by atoms with Crippen LogP contribution in [0.1, 0.15) is 11.3 Å².